The fourth-order valence-electron chi connectivity index (χ4n) is 2.11. The lowest BCUT2D eigenvalue weighted by molar-refractivity contribution is -0.122. The van der Waals surface area contributed by atoms with Gasteiger partial charge >= 0.3 is 0 Å². The predicted molar refractivity (Wildman–Crippen MR) is 81.2 cm³/mol. The van der Waals surface area contributed by atoms with Gasteiger partial charge in [0.25, 0.3) is 0 Å². The average molecular weight is 269 g/mol. The van der Waals surface area contributed by atoms with E-state index in [1.807, 2.05) is 30.3 Å². The number of carbonyl (C=O) groups excluding carboxylic acids is 1. The fraction of sp³-hybridized carbons (Fsp3) is 0.250. The molecule has 0 aliphatic rings. The van der Waals surface area contributed by atoms with Crippen LogP contribution in [0.2, 0.25) is 0 Å². The van der Waals surface area contributed by atoms with E-state index < -0.39 is 6.04 Å². The number of para-hydroxylation sites is 1. The van der Waals surface area contributed by atoms with Crippen molar-refractivity contribution in [1.29, 1.82) is 0 Å². The highest BCUT2D eigenvalue weighted by molar-refractivity contribution is 5.82. The summed E-state index contributed by atoms with van der Waals surface area (Å²) in [6.45, 7) is 4.13. The second-order valence-corrected chi connectivity index (χ2v) is 4.66. The van der Waals surface area contributed by atoms with E-state index in [1.54, 1.807) is 12.3 Å². The highest BCUT2D eigenvalue weighted by Gasteiger charge is 2.10. The largest absolute Gasteiger partial charge is 0.354 e. The number of rotatable bonds is 6. The minimum absolute atomic E-state index is 0.141. The highest BCUT2D eigenvalue weighted by Crippen LogP contribution is 2.15. The lowest BCUT2D eigenvalue weighted by atomic mass is 10.1. The van der Waals surface area contributed by atoms with E-state index in [2.05, 4.69) is 16.9 Å². The number of carbonyl (C=O) groups is 1. The number of nitrogens with one attached hydrogen (secondary N) is 1. The van der Waals surface area contributed by atoms with Gasteiger partial charge in [-0.1, -0.05) is 30.3 Å². The highest BCUT2D eigenvalue weighted by atomic mass is 16.2. The SMILES string of the molecule is C=CCC(N)C(=O)NCCc1cccc2cccnc12. The van der Waals surface area contributed by atoms with Gasteiger partial charge < -0.3 is 11.1 Å². The molecule has 1 unspecified atom stereocenters. The van der Waals surface area contributed by atoms with Gasteiger partial charge in [0.1, 0.15) is 0 Å². The lowest BCUT2D eigenvalue weighted by Crippen LogP contribution is -2.40. The Morgan fingerprint density at radius 1 is 1.40 bits per heavy atom. The van der Waals surface area contributed by atoms with Crippen LogP contribution in [0.1, 0.15) is 12.0 Å². The van der Waals surface area contributed by atoms with Crippen molar-refractivity contribution < 1.29 is 4.79 Å². The van der Waals surface area contributed by atoms with E-state index >= 15 is 0 Å². The second-order valence-electron chi connectivity index (χ2n) is 4.66. The molecule has 2 aromatic rings. The Bertz CT molecular complexity index is 604. The molecule has 1 aromatic carbocycles. The minimum atomic E-state index is -0.516. The summed E-state index contributed by atoms with van der Waals surface area (Å²) in [7, 11) is 0. The third-order valence-corrected chi connectivity index (χ3v) is 3.17. The van der Waals surface area contributed by atoms with Crippen LogP contribution in [-0.2, 0) is 11.2 Å². The molecule has 0 radical (unpaired) electrons. The standard InChI is InChI=1S/C16H19N3O/c1-2-5-14(17)16(20)19-11-9-13-7-3-6-12-8-4-10-18-15(12)13/h2-4,6-8,10,14H,1,5,9,11,17H2,(H,19,20). The normalized spacial score (nSPS) is 12.1. The number of benzene rings is 1. The number of hydrogen-bond donors (Lipinski definition) is 2. The molecule has 0 saturated carbocycles. The number of nitrogens with zero attached hydrogens (tertiary/aromatic N) is 1. The van der Waals surface area contributed by atoms with Crippen molar-refractivity contribution in [3.8, 4) is 0 Å². The number of fused-ring (bicyclic) bond motifs is 1. The van der Waals surface area contributed by atoms with E-state index in [-0.39, 0.29) is 5.91 Å². The minimum Gasteiger partial charge on any atom is -0.354 e. The van der Waals surface area contributed by atoms with E-state index in [9.17, 15) is 4.79 Å². The molecule has 0 fully saturated rings. The zero-order chi connectivity index (χ0) is 14.4. The third kappa shape index (κ3) is 3.42. The topological polar surface area (TPSA) is 68.0 Å². The van der Waals surface area contributed by atoms with E-state index in [0.717, 1.165) is 22.9 Å². The first-order valence-corrected chi connectivity index (χ1v) is 6.69. The predicted octanol–water partition coefficient (Wildman–Crippen LogP) is 1.80. The lowest BCUT2D eigenvalue weighted by Gasteiger charge is -2.11. The summed E-state index contributed by atoms with van der Waals surface area (Å²) in [6.07, 6.45) is 4.66. The molecular formula is C16H19N3O. The van der Waals surface area contributed by atoms with Gasteiger partial charge in [-0.2, -0.15) is 0 Å². The van der Waals surface area contributed by atoms with Crippen molar-refractivity contribution in [3.05, 3.63) is 54.7 Å². The fourth-order valence-corrected chi connectivity index (χ4v) is 2.11. The molecule has 0 aliphatic heterocycles. The molecule has 1 aromatic heterocycles. The first-order chi connectivity index (χ1) is 9.72. The maximum absolute atomic E-state index is 11.7. The summed E-state index contributed by atoms with van der Waals surface area (Å²) in [5.41, 5.74) is 7.81. The number of amides is 1. The maximum atomic E-state index is 11.7. The van der Waals surface area contributed by atoms with Crippen LogP contribution in [0.25, 0.3) is 10.9 Å². The van der Waals surface area contributed by atoms with Crippen molar-refractivity contribution in [2.75, 3.05) is 6.54 Å². The molecule has 4 nitrogen and oxygen atoms in total. The number of nitrogens with two attached hydrogens (primary N) is 1. The number of hydrogen-bond acceptors (Lipinski definition) is 3. The smallest absolute Gasteiger partial charge is 0.237 e. The Labute approximate surface area is 118 Å². The van der Waals surface area contributed by atoms with Crippen molar-refractivity contribution in [3.63, 3.8) is 0 Å². The number of pyridine rings is 1. The third-order valence-electron chi connectivity index (χ3n) is 3.17. The van der Waals surface area contributed by atoms with Gasteiger partial charge in [0.2, 0.25) is 5.91 Å². The van der Waals surface area contributed by atoms with Crippen molar-refractivity contribution in [1.82, 2.24) is 10.3 Å². The molecule has 104 valence electrons. The Morgan fingerprint density at radius 2 is 2.20 bits per heavy atom. The summed E-state index contributed by atoms with van der Waals surface area (Å²) in [6, 6.07) is 9.51. The molecule has 1 amide bonds. The van der Waals surface area contributed by atoms with Crippen molar-refractivity contribution in [2.24, 2.45) is 5.73 Å². The quantitative estimate of drug-likeness (QED) is 0.786. The van der Waals surface area contributed by atoms with Crippen LogP contribution in [-0.4, -0.2) is 23.5 Å². The van der Waals surface area contributed by atoms with Crippen LogP contribution >= 0.6 is 0 Å². The summed E-state index contributed by atoms with van der Waals surface area (Å²) in [5.74, 6) is -0.141. The molecule has 1 atom stereocenters. The summed E-state index contributed by atoms with van der Waals surface area (Å²) < 4.78 is 0. The van der Waals surface area contributed by atoms with E-state index in [0.29, 0.717) is 13.0 Å². The van der Waals surface area contributed by atoms with Crippen LogP contribution in [0.3, 0.4) is 0 Å². The molecular weight excluding hydrogens is 250 g/mol. The van der Waals surface area contributed by atoms with Crippen molar-refractivity contribution in [2.45, 2.75) is 18.9 Å². The molecule has 0 spiro atoms. The van der Waals surface area contributed by atoms with Gasteiger partial charge in [-0.25, -0.2) is 0 Å². The molecule has 4 heteroatoms. The molecule has 20 heavy (non-hydrogen) atoms. The number of aromatic nitrogens is 1. The van der Waals surface area contributed by atoms with Gasteiger partial charge in [-0.15, -0.1) is 6.58 Å². The Morgan fingerprint density at radius 3 is 3.00 bits per heavy atom. The Balaban J connectivity index is 1.96. The first kappa shape index (κ1) is 14.2. The van der Waals surface area contributed by atoms with Crippen LogP contribution in [0.15, 0.2) is 49.2 Å². The summed E-state index contributed by atoms with van der Waals surface area (Å²) in [5, 5.41) is 3.95. The van der Waals surface area contributed by atoms with Gasteiger partial charge in [-0.3, -0.25) is 9.78 Å². The van der Waals surface area contributed by atoms with Crippen LogP contribution in [0, 0.1) is 0 Å². The van der Waals surface area contributed by atoms with Crippen LogP contribution in [0.4, 0.5) is 0 Å². The maximum Gasteiger partial charge on any atom is 0.237 e. The van der Waals surface area contributed by atoms with E-state index in [4.69, 9.17) is 5.73 Å². The Kier molecular flexibility index (Phi) is 4.85. The second kappa shape index (κ2) is 6.82. The zero-order valence-corrected chi connectivity index (χ0v) is 11.4. The Hall–Kier alpha value is -2.20. The van der Waals surface area contributed by atoms with Gasteiger partial charge in [0.05, 0.1) is 11.6 Å². The molecule has 1 heterocycles. The monoisotopic (exact) mass is 269 g/mol. The molecule has 0 saturated heterocycles. The molecule has 2 rings (SSSR count). The first-order valence-electron chi connectivity index (χ1n) is 6.69. The zero-order valence-electron chi connectivity index (χ0n) is 11.4. The summed E-state index contributed by atoms with van der Waals surface area (Å²) >= 11 is 0. The van der Waals surface area contributed by atoms with E-state index in [1.165, 1.54) is 0 Å². The average Bonchev–Trinajstić information content (AvgIpc) is 2.47. The molecule has 0 aliphatic carbocycles. The molecule has 0 bridgehead atoms. The van der Waals surface area contributed by atoms with Gasteiger partial charge in [-0.05, 0) is 24.5 Å². The summed E-state index contributed by atoms with van der Waals surface area (Å²) in [4.78, 5) is 16.1. The molecule has 3 N–H and O–H groups in total. The van der Waals surface area contributed by atoms with Gasteiger partial charge in [0.15, 0.2) is 0 Å². The van der Waals surface area contributed by atoms with Crippen LogP contribution < -0.4 is 11.1 Å². The van der Waals surface area contributed by atoms with Crippen LogP contribution in [0.5, 0.6) is 0 Å². The van der Waals surface area contributed by atoms with Crippen molar-refractivity contribution >= 4 is 16.8 Å². The van der Waals surface area contributed by atoms with Gasteiger partial charge in [0, 0.05) is 18.1 Å².